The predicted octanol–water partition coefficient (Wildman–Crippen LogP) is 2.28. The molecule has 1 aromatic carbocycles. The third-order valence-corrected chi connectivity index (χ3v) is 7.52. The number of aryl methyl sites for hydroxylation is 1. The van der Waals surface area contributed by atoms with Crippen molar-refractivity contribution in [3.05, 3.63) is 60.2 Å². The second-order valence-electron chi connectivity index (χ2n) is 8.26. The summed E-state index contributed by atoms with van der Waals surface area (Å²) < 4.78 is 47.4. The van der Waals surface area contributed by atoms with E-state index in [1.54, 1.807) is 48.8 Å². The summed E-state index contributed by atoms with van der Waals surface area (Å²) in [4.78, 5) is 12.8. The van der Waals surface area contributed by atoms with Crippen molar-refractivity contribution in [2.45, 2.75) is 25.1 Å². The Morgan fingerprint density at radius 1 is 0.947 bits per heavy atom. The maximum absolute atomic E-state index is 13.5. The van der Waals surface area contributed by atoms with Crippen molar-refractivity contribution in [1.82, 2.24) is 29.7 Å². The van der Waals surface area contributed by atoms with Gasteiger partial charge < -0.3 is 19.9 Å². The minimum Gasteiger partial charge on any atom is -0.494 e. The maximum atomic E-state index is 13.5. The van der Waals surface area contributed by atoms with Gasteiger partial charge in [-0.3, -0.25) is 9.29 Å². The average molecular weight is 541 g/mol. The fraction of sp³-hybridized carbons (Fsp3) is 0.292. The molecule has 0 aliphatic heterocycles. The Hall–Kier alpha value is -4.30. The van der Waals surface area contributed by atoms with Crippen LogP contribution >= 0.6 is 0 Å². The van der Waals surface area contributed by atoms with Gasteiger partial charge in [0.15, 0.2) is 5.82 Å². The third-order valence-electron chi connectivity index (χ3n) is 5.78. The second kappa shape index (κ2) is 11.0. The highest BCUT2D eigenvalue weighted by Crippen LogP contribution is 2.37. The van der Waals surface area contributed by atoms with Crippen LogP contribution in [0, 0.1) is 6.92 Å². The Labute approximate surface area is 220 Å². The summed E-state index contributed by atoms with van der Waals surface area (Å²) in [5, 5.41) is 7.26. The van der Waals surface area contributed by atoms with Crippen LogP contribution in [0.2, 0.25) is 0 Å². The van der Waals surface area contributed by atoms with Gasteiger partial charge in [0.25, 0.3) is 0 Å². The number of rotatable bonds is 10. The predicted molar refractivity (Wildman–Crippen MR) is 140 cm³/mol. The highest BCUT2D eigenvalue weighted by Gasteiger charge is 2.33. The standard InChI is InChI=1S/C24H28N8O5S/c1-14-12-26-22(27-13-14)20(25)15(2)38(33,34)31-24-30-29-23(16-8-6-11-19(28-16)37-5)32(24)21-17(35-3)9-7-10-18(21)36-4/h6-13,15,20H,25H2,1-5H3,(H,30,31). The molecular formula is C24H28N8O5S. The van der Waals surface area contributed by atoms with E-state index in [0.29, 0.717) is 28.8 Å². The van der Waals surface area contributed by atoms with Crippen LogP contribution in [0.1, 0.15) is 24.4 Å². The zero-order chi connectivity index (χ0) is 27.4. The Morgan fingerprint density at radius 3 is 2.18 bits per heavy atom. The van der Waals surface area contributed by atoms with Crippen LogP contribution in [-0.4, -0.2) is 64.7 Å². The fourth-order valence-corrected chi connectivity index (χ4v) is 4.71. The van der Waals surface area contributed by atoms with Gasteiger partial charge in [-0.25, -0.2) is 23.4 Å². The SMILES string of the molecule is COc1cccc(-c2nnc(NS(=O)(=O)C(C)C(N)c3ncc(C)cn3)n2-c2c(OC)cccc2OC)n1. The molecule has 0 saturated carbocycles. The van der Waals surface area contributed by atoms with Gasteiger partial charge in [-0.2, -0.15) is 0 Å². The molecule has 0 fully saturated rings. The van der Waals surface area contributed by atoms with Gasteiger partial charge >= 0.3 is 0 Å². The molecular weight excluding hydrogens is 512 g/mol. The van der Waals surface area contributed by atoms with E-state index in [9.17, 15) is 8.42 Å². The maximum Gasteiger partial charge on any atom is 0.243 e. The van der Waals surface area contributed by atoms with Crippen molar-refractivity contribution in [2.24, 2.45) is 5.73 Å². The molecule has 0 bridgehead atoms. The average Bonchev–Trinajstić information content (AvgIpc) is 3.34. The lowest BCUT2D eigenvalue weighted by atomic mass is 10.2. The quantitative estimate of drug-likeness (QED) is 0.302. The first-order valence-electron chi connectivity index (χ1n) is 11.4. The van der Waals surface area contributed by atoms with Crippen LogP contribution in [0.4, 0.5) is 5.95 Å². The number of para-hydroxylation sites is 1. The number of methoxy groups -OCH3 is 3. The smallest absolute Gasteiger partial charge is 0.243 e. The van der Waals surface area contributed by atoms with Crippen LogP contribution in [0.15, 0.2) is 48.8 Å². The molecule has 3 heterocycles. The molecule has 38 heavy (non-hydrogen) atoms. The molecule has 0 saturated heterocycles. The zero-order valence-corrected chi connectivity index (χ0v) is 22.3. The van der Waals surface area contributed by atoms with E-state index in [1.807, 2.05) is 6.92 Å². The van der Waals surface area contributed by atoms with Gasteiger partial charge in [0, 0.05) is 18.5 Å². The van der Waals surface area contributed by atoms with Crippen LogP contribution < -0.4 is 24.7 Å². The first-order chi connectivity index (χ1) is 18.2. The van der Waals surface area contributed by atoms with Gasteiger partial charge in [0.2, 0.25) is 21.9 Å². The van der Waals surface area contributed by atoms with Gasteiger partial charge in [-0.15, -0.1) is 10.2 Å². The Balaban J connectivity index is 1.84. The number of aromatic nitrogens is 6. The fourth-order valence-electron chi connectivity index (χ4n) is 3.63. The van der Waals surface area contributed by atoms with E-state index in [-0.39, 0.29) is 17.6 Å². The molecule has 0 spiro atoms. The topological polar surface area (TPSA) is 169 Å². The highest BCUT2D eigenvalue weighted by atomic mass is 32.2. The number of benzene rings is 1. The van der Waals surface area contributed by atoms with Gasteiger partial charge in [0.05, 0.1) is 32.6 Å². The molecule has 14 heteroatoms. The van der Waals surface area contributed by atoms with E-state index < -0.39 is 21.3 Å². The zero-order valence-electron chi connectivity index (χ0n) is 21.5. The van der Waals surface area contributed by atoms with Gasteiger partial charge in [-0.05, 0) is 37.6 Å². The summed E-state index contributed by atoms with van der Waals surface area (Å²) in [5.41, 5.74) is 7.80. The molecule has 0 amide bonds. The summed E-state index contributed by atoms with van der Waals surface area (Å²) >= 11 is 0. The second-order valence-corrected chi connectivity index (χ2v) is 10.3. The molecule has 4 rings (SSSR count). The van der Waals surface area contributed by atoms with Crippen LogP contribution in [0.5, 0.6) is 17.4 Å². The number of sulfonamides is 1. The summed E-state index contributed by atoms with van der Waals surface area (Å²) in [6, 6.07) is 9.22. The van der Waals surface area contributed by atoms with Crippen LogP contribution in [0.25, 0.3) is 17.2 Å². The van der Waals surface area contributed by atoms with E-state index >= 15 is 0 Å². The third kappa shape index (κ3) is 5.21. The molecule has 0 aliphatic rings. The Kier molecular flexibility index (Phi) is 7.73. The number of nitrogens with zero attached hydrogens (tertiary/aromatic N) is 6. The minimum absolute atomic E-state index is 0.128. The van der Waals surface area contributed by atoms with Crippen LogP contribution in [0.3, 0.4) is 0 Å². The summed E-state index contributed by atoms with van der Waals surface area (Å²) in [5.74, 6) is 1.38. The first kappa shape index (κ1) is 26.8. The van der Waals surface area contributed by atoms with Crippen LogP contribution in [-0.2, 0) is 10.0 Å². The molecule has 2 atom stereocenters. The minimum atomic E-state index is -4.13. The lowest BCUT2D eigenvalue weighted by Gasteiger charge is -2.21. The van der Waals surface area contributed by atoms with Crippen molar-refractivity contribution in [2.75, 3.05) is 26.1 Å². The normalized spacial score (nSPS) is 13.0. The van der Waals surface area contributed by atoms with Crippen molar-refractivity contribution < 1.29 is 22.6 Å². The van der Waals surface area contributed by atoms with E-state index in [0.717, 1.165) is 5.56 Å². The number of anilines is 1. The van der Waals surface area contributed by atoms with Crippen molar-refractivity contribution >= 4 is 16.0 Å². The Morgan fingerprint density at radius 2 is 1.58 bits per heavy atom. The molecule has 4 aromatic rings. The molecule has 13 nitrogen and oxygen atoms in total. The monoisotopic (exact) mass is 540 g/mol. The molecule has 3 N–H and O–H groups in total. The largest absolute Gasteiger partial charge is 0.494 e. The van der Waals surface area contributed by atoms with E-state index in [2.05, 4.69) is 29.9 Å². The summed E-state index contributed by atoms with van der Waals surface area (Å²) in [6.07, 6.45) is 3.15. The van der Waals surface area contributed by atoms with Gasteiger partial charge in [-0.1, -0.05) is 12.1 Å². The van der Waals surface area contributed by atoms with Crippen molar-refractivity contribution in [3.8, 4) is 34.6 Å². The Bertz CT molecular complexity index is 1500. The highest BCUT2D eigenvalue weighted by molar-refractivity contribution is 7.93. The van der Waals surface area contributed by atoms with Crippen molar-refractivity contribution in [3.63, 3.8) is 0 Å². The molecule has 200 valence electrons. The van der Waals surface area contributed by atoms with Crippen molar-refractivity contribution in [1.29, 1.82) is 0 Å². The van der Waals surface area contributed by atoms with Gasteiger partial charge in [0.1, 0.15) is 28.7 Å². The molecule has 0 aliphatic carbocycles. The number of ether oxygens (including phenoxy) is 3. The number of hydrogen-bond donors (Lipinski definition) is 2. The van der Waals surface area contributed by atoms with E-state index in [4.69, 9.17) is 19.9 Å². The molecule has 2 unspecified atom stereocenters. The molecule has 0 radical (unpaired) electrons. The first-order valence-corrected chi connectivity index (χ1v) is 13.0. The summed E-state index contributed by atoms with van der Waals surface area (Å²) in [7, 11) is 0.330. The summed E-state index contributed by atoms with van der Waals surface area (Å²) in [6.45, 7) is 3.29. The van der Waals surface area contributed by atoms with E-state index in [1.165, 1.54) is 32.8 Å². The lowest BCUT2D eigenvalue weighted by molar-refractivity contribution is 0.391. The lowest BCUT2D eigenvalue weighted by Crippen LogP contribution is -2.36. The number of hydrogen-bond acceptors (Lipinski definition) is 11. The molecule has 3 aromatic heterocycles. The number of pyridine rings is 1. The number of nitrogens with two attached hydrogens (primary N) is 1. The number of nitrogens with one attached hydrogen (secondary N) is 1.